The van der Waals surface area contributed by atoms with Crippen molar-refractivity contribution in [1.29, 1.82) is 0 Å². The van der Waals surface area contributed by atoms with Crippen LogP contribution >= 0.6 is 0 Å². The van der Waals surface area contributed by atoms with Gasteiger partial charge in [-0.05, 0) is 17.7 Å². The molecule has 0 saturated carbocycles. The van der Waals surface area contributed by atoms with Gasteiger partial charge in [-0.2, -0.15) is 0 Å². The van der Waals surface area contributed by atoms with Crippen LogP contribution in [0.5, 0.6) is 5.75 Å². The molecule has 0 radical (unpaired) electrons. The molecular weight excluding hydrogens is 354 g/mol. The molecule has 140 valence electrons. The topological polar surface area (TPSA) is 71.5 Å². The Labute approximate surface area is 162 Å². The molecule has 0 spiro atoms. The summed E-state index contributed by atoms with van der Waals surface area (Å²) in [7, 11) is 0. The summed E-state index contributed by atoms with van der Waals surface area (Å²) in [6.45, 7) is 0.276. The molecule has 1 unspecified atom stereocenters. The molecule has 2 heterocycles. The number of fused-ring (bicyclic) bond motifs is 1. The number of nitrogens with zero attached hydrogens (tertiary/aromatic N) is 2. The first kappa shape index (κ1) is 17.7. The number of nitrogens with one attached hydrogen (secondary N) is 1. The quantitative estimate of drug-likeness (QED) is 0.747. The number of hydrogen-bond acceptors (Lipinski definition) is 4. The predicted molar refractivity (Wildman–Crippen MR) is 105 cm³/mol. The number of hydrogen-bond donors (Lipinski definition) is 1. The van der Waals surface area contributed by atoms with Crippen LogP contribution in [0.1, 0.15) is 17.2 Å². The molecule has 28 heavy (non-hydrogen) atoms. The molecule has 1 aliphatic heterocycles. The van der Waals surface area contributed by atoms with E-state index < -0.39 is 6.10 Å². The van der Waals surface area contributed by atoms with Gasteiger partial charge in [0.1, 0.15) is 6.54 Å². The fourth-order valence-electron chi connectivity index (χ4n) is 3.09. The molecule has 3 aromatic rings. The van der Waals surface area contributed by atoms with E-state index in [1.165, 1.54) is 4.90 Å². The van der Waals surface area contributed by atoms with E-state index in [0.29, 0.717) is 18.1 Å². The Morgan fingerprint density at radius 3 is 2.46 bits per heavy atom. The molecule has 1 atom stereocenters. The van der Waals surface area contributed by atoms with E-state index in [1.807, 2.05) is 60.7 Å². The van der Waals surface area contributed by atoms with E-state index in [9.17, 15) is 9.59 Å². The normalized spacial score (nSPS) is 15.5. The van der Waals surface area contributed by atoms with Gasteiger partial charge in [0.2, 0.25) is 12.0 Å². The summed E-state index contributed by atoms with van der Waals surface area (Å²) in [5, 5.41) is 2.85. The van der Waals surface area contributed by atoms with E-state index >= 15 is 0 Å². The van der Waals surface area contributed by atoms with Crippen molar-refractivity contribution in [2.45, 2.75) is 12.6 Å². The first-order chi connectivity index (χ1) is 13.7. The van der Waals surface area contributed by atoms with Crippen molar-refractivity contribution >= 4 is 17.6 Å². The lowest BCUT2D eigenvalue weighted by Crippen LogP contribution is -2.46. The van der Waals surface area contributed by atoms with Gasteiger partial charge in [-0.25, -0.2) is 4.98 Å². The molecule has 0 fully saturated rings. The molecule has 1 aliphatic rings. The summed E-state index contributed by atoms with van der Waals surface area (Å²) in [6, 6.07) is 22.3. The van der Waals surface area contributed by atoms with Gasteiger partial charge in [-0.15, -0.1) is 0 Å². The number of anilines is 1. The maximum absolute atomic E-state index is 13.1. The first-order valence-corrected chi connectivity index (χ1v) is 9.01. The fraction of sp³-hybridized carbons (Fsp3) is 0.136. The van der Waals surface area contributed by atoms with Crippen LogP contribution in [-0.2, 0) is 16.1 Å². The van der Waals surface area contributed by atoms with E-state index in [0.717, 1.165) is 11.1 Å². The van der Waals surface area contributed by atoms with Gasteiger partial charge >= 0.3 is 0 Å². The number of amides is 2. The average molecular weight is 373 g/mol. The highest BCUT2D eigenvalue weighted by atomic mass is 16.5. The largest absolute Gasteiger partial charge is 0.472 e. The predicted octanol–water partition coefficient (Wildman–Crippen LogP) is 2.86. The van der Waals surface area contributed by atoms with Crippen molar-refractivity contribution in [1.82, 2.24) is 10.3 Å². The van der Waals surface area contributed by atoms with Gasteiger partial charge in [-0.1, -0.05) is 60.7 Å². The minimum atomic E-state index is -0.806. The zero-order valence-corrected chi connectivity index (χ0v) is 15.1. The maximum Gasteiger partial charge on any atom is 0.274 e. The van der Waals surface area contributed by atoms with Crippen LogP contribution in [0.4, 0.5) is 5.82 Å². The van der Waals surface area contributed by atoms with Crippen LogP contribution in [0.3, 0.4) is 0 Å². The Bertz CT molecular complexity index is 977. The van der Waals surface area contributed by atoms with Crippen molar-refractivity contribution in [2.75, 3.05) is 11.4 Å². The standard InChI is InChI=1S/C22H19N3O3/c26-19(24-14-16-8-3-1-4-9-16)15-25-21-18(12-7-13-23-21)28-20(22(25)27)17-10-5-2-6-11-17/h1-13,20H,14-15H2,(H,24,26). The number of ether oxygens (including phenoxy) is 1. The van der Waals surface area contributed by atoms with E-state index in [-0.39, 0.29) is 18.4 Å². The lowest BCUT2D eigenvalue weighted by molar-refractivity contribution is -0.129. The highest BCUT2D eigenvalue weighted by molar-refractivity contribution is 6.03. The number of rotatable bonds is 5. The summed E-state index contributed by atoms with van der Waals surface area (Å²) < 4.78 is 5.89. The Morgan fingerprint density at radius 2 is 1.71 bits per heavy atom. The first-order valence-electron chi connectivity index (χ1n) is 9.01. The third kappa shape index (κ3) is 3.71. The third-order valence-corrected chi connectivity index (χ3v) is 4.48. The van der Waals surface area contributed by atoms with Gasteiger partial charge in [0.05, 0.1) is 0 Å². The lowest BCUT2D eigenvalue weighted by atomic mass is 10.1. The smallest absolute Gasteiger partial charge is 0.274 e. The SMILES string of the molecule is O=C(CN1C(=O)C(c2ccccc2)Oc2cccnc21)NCc1ccccc1. The van der Waals surface area contributed by atoms with Gasteiger partial charge in [0, 0.05) is 18.3 Å². The van der Waals surface area contributed by atoms with Crippen molar-refractivity contribution < 1.29 is 14.3 Å². The van der Waals surface area contributed by atoms with Crippen LogP contribution in [0.2, 0.25) is 0 Å². The molecular formula is C22H19N3O3. The minimum absolute atomic E-state index is 0.123. The van der Waals surface area contributed by atoms with E-state index in [1.54, 1.807) is 18.3 Å². The van der Waals surface area contributed by atoms with Crippen LogP contribution in [0.25, 0.3) is 0 Å². The second-order valence-corrected chi connectivity index (χ2v) is 6.42. The van der Waals surface area contributed by atoms with Crippen LogP contribution < -0.4 is 15.0 Å². The molecule has 1 N–H and O–H groups in total. The summed E-state index contributed by atoms with van der Waals surface area (Å²) >= 11 is 0. The zero-order valence-electron chi connectivity index (χ0n) is 15.1. The summed E-state index contributed by atoms with van der Waals surface area (Å²) in [5.41, 5.74) is 1.72. The second kappa shape index (κ2) is 7.92. The second-order valence-electron chi connectivity index (χ2n) is 6.42. The fourth-order valence-corrected chi connectivity index (χ4v) is 3.09. The number of carbonyl (C=O) groups is 2. The molecule has 2 amide bonds. The molecule has 6 heteroatoms. The summed E-state index contributed by atoms with van der Waals surface area (Å²) in [4.78, 5) is 31.2. The number of carbonyl (C=O) groups excluding carboxylic acids is 2. The van der Waals surface area contributed by atoms with Crippen LogP contribution in [0, 0.1) is 0 Å². The van der Waals surface area contributed by atoms with Gasteiger partial charge in [0.15, 0.2) is 11.6 Å². The molecule has 0 aliphatic carbocycles. The minimum Gasteiger partial charge on any atom is -0.472 e. The van der Waals surface area contributed by atoms with Crippen molar-refractivity contribution in [3.05, 3.63) is 90.1 Å². The van der Waals surface area contributed by atoms with Crippen LogP contribution in [0.15, 0.2) is 79.0 Å². The van der Waals surface area contributed by atoms with E-state index in [2.05, 4.69) is 10.3 Å². The van der Waals surface area contributed by atoms with Gasteiger partial charge in [0.25, 0.3) is 5.91 Å². The highest BCUT2D eigenvalue weighted by Gasteiger charge is 2.37. The molecule has 4 rings (SSSR count). The van der Waals surface area contributed by atoms with Crippen molar-refractivity contribution in [3.63, 3.8) is 0 Å². The highest BCUT2D eigenvalue weighted by Crippen LogP contribution is 2.36. The van der Waals surface area contributed by atoms with E-state index in [4.69, 9.17) is 4.74 Å². The Balaban J connectivity index is 1.54. The Kier molecular flexibility index (Phi) is 5.01. The Morgan fingerprint density at radius 1 is 1.00 bits per heavy atom. The third-order valence-electron chi connectivity index (χ3n) is 4.48. The zero-order chi connectivity index (χ0) is 19.3. The average Bonchev–Trinajstić information content (AvgIpc) is 2.75. The number of pyridine rings is 1. The molecule has 0 bridgehead atoms. The molecule has 1 aromatic heterocycles. The van der Waals surface area contributed by atoms with Crippen molar-refractivity contribution in [2.24, 2.45) is 0 Å². The number of benzene rings is 2. The van der Waals surface area contributed by atoms with Gasteiger partial charge < -0.3 is 10.1 Å². The Hall–Kier alpha value is -3.67. The molecule has 2 aromatic carbocycles. The summed E-state index contributed by atoms with van der Waals surface area (Å²) in [6.07, 6.45) is 0.771. The van der Waals surface area contributed by atoms with Gasteiger partial charge in [-0.3, -0.25) is 14.5 Å². The molecule has 0 saturated heterocycles. The summed E-state index contributed by atoms with van der Waals surface area (Å²) in [5.74, 6) is 0.260. The monoisotopic (exact) mass is 373 g/mol. The molecule has 6 nitrogen and oxygen atoms in total. The maximum atomic E-state index is 13.1. The lowest BCUT2D eigenvalue weighted by Gasteiger charge is -2.33. The van der Waals surface area contributed by atoms with Crippen molar-refractivity contribution in [3.8, 4) is 5.75 Å². The van der Waals surface area contributed by atoms with Crippen LogP contribution in [-0.4, -0.2) is 23.3 Å². The number of aromatic nitrogens is 1.